The molecular formula is C10H14N6. The molecule has 0 atom stereocenters. The third-order valence-corrected chi connectivity index (χ3v) is 2.40. The summed E-state index contributed by atoms with van der Waals surface area (Å²) in [6.07, 6.45) is 3.40. The van der Waals surface area contributed by atoms with Crippen LogP contribution in [0, 0.1) is 13.8 Å². The van der Waals surface area contributed by atoms with Gasteiger partial charge in [-0.25, -0.2) is 4.98 Å². The number of rotatable bonds is 3. The van der Waals surface area contributed by atoms with Crippen LogP contribution in [0.5, 0.6) is 0 Å². The highest BCUT2D eigenvalue weighted by molar-refractivity contribution is 5.41. The number of aryl methyl sites for hydroxylation is 2. The Morgan fingerprint density at radius 2 is 2.12 bits per heavy atom. The van der Waals surface area contributed by atoms with Gasteiger partial charge in [-0.05, 0) is 13.8 Å². The highest BCUT2D eigenvalue weighted by Gasteiger charge is 2.02. The van der Waals surface area contributed by atoms with Gasteiger partial charge in [-0.2, -0.15) is 5.10 Å². The van der Waals surface area contributed by atoms with Crippen LogP contribution in [0.2, 0.25) is 0 Å². The Balaban J connectivity index is 2.05. The summed E-state index contributed by atoms with van der Waals surface area (Å²) in [6.45, 7) is 4.44. The van der Waals surface area contributed by atoms with Gasteiger partial charge in [0.15, 0.2) is 0 Å². The molecule has 2 heterocycles. The largest absolute Gasteiger partial charge is 0.384 e. The summed E-state index contributed by atoms with van der Waals surface area (Å²) in [5.41, 5.74) is 8.44. The van der Waals surface area contributed by atoms with E-state index in [1.165, 1.54) is 0 Å². The fourth-order valence-corrected chi connectivity index (χ4v) is 1.27. The number of aromatic amines is 1. The fourth-order valence-electron chi connectivity index (χ4n) is 1.27. The number of H-pyrrole nitrogens is 1. The van der Waals surface area contributed by atoms with E-state index in [0.29, 0.717) is 12.4 Å². The highest BCUT2D eigenvalue weighted by Crippen LogP contribution is 2.10. The molecule has 0 saturated carbocycles. The van der Waals surface area contributed by atoms with Gasteiger partial charge in [0.05, 0.1) is 23.8 Å². The molecule has 2 rings (SSSR count). The summed E-state index contributed by atoms with van der Waals surface area (Å²) >= 11 is 0. The molecule has 6 heteroatoms. The Kier molecular flexibility index (Phi) is 2.72. The van der Waals surface area contributed by atoms with Gasteiger partial charge in [0, 0.05) is 12.1 Å². The number of nitrogen functional groups attached to an aromatic ring is 1. The van der Waals surface area contributed by atoms with Crippen molar-refractivity contribution in [1.82, 2.24) is 20.2 Å². The Labute approximate surface area is 93.3 Å². The smallest absolute Gasteiger partial charge is 0.145 e. The molecule has 0 unspecified atom stereocenters. The summed E-state index contributed by atoms with van der Waals surface area (Å²) in [5, 5.41) is 9.66. The van der Waals surface area contributed by atoms with Crippen molar-refractivity contribution in [1.29, 1.82) is 0 Å². The number of nitrogens with one attached hydrogen (secondary N) is 2. The summed E-state index contributed by atoms with van der Waals surface area (Å²) in [6, 6.07) is 0. The lowest BCUT2D eigenvalue weighted by molar-refractivity contribution is 1.02. The van der Waals surface area contributed by atoms with Crippen molar-refractivity contribution in [3.63, 3.8) is 0 Å². The van der Waals surface area contributed by atoms with Crippen molar-refractivity contribution >= 4 is 11.6 Å². The Hall–Kier alpha value is -2.11. The molecule has 0 aliphatic heterocycles. The molecule has 4 N–H and O–H groups in total. The maximum atomic E-state index is 5.66. The van der Waals surface area contributed by atoms with Crippen molar-refractivity contribution < 1.29 is 0 Å². The maximum Gasteiger partial charge on any atom is 0.145 e. The van der Waals surface area contributed by atoms with Gasteiger partial charge >= 0.3 is 0 Å². The van der Waals surface area contributed by atoms with Crippen LogP contribution in [0.1, 0.15) is 17.0 Å². The number of aromatic nitrogens is 4. The summed E-state index contributed by atoms with van der Waals surface area (Å²) in [7, 11) is 0. The Morgan fingerprint density at radius 1 is 1.31 bits per heavy atom. The quantitative estimate of drug-likeness (QED) is 0.715. The predicted octanol–water partition coefficient (Wildman–Crippen LogP) is 1.01. The van der Waals surface area contributed by atoms with E-state index < -0.39 is 0 Å². The van der Waals surface area contributed by atoms with E-state index in [1.54, 1.807) is 12.4 Å². The minimum absolute atomic E-state index is 0.573. The second kappa shape index (κ2) is 4.18. The van der Waals surface area contributed by atoms with E-state index in [-0.39, 0.29) is 0 Å². The van der Waals surface area contributed by atoms with Crippen molar-refractivity contribution in [3.05, 3.63) is 29.3 Å². The lowest BCUT2D eigenvalue weighted by atomic mass is 10.3. The molecule has 0 bridgehead atoms. The van der Waals surface area contributed by atoms with Gasteiger partial charge in [0.2, 0.25) is 0 Å². The van der Waals surface area contributed by atoms with E-state index >= 15 is 0 Å². The van der Waals surface area contributed by atoms with Crippen molar-refractivity contribution in [2.24, 2.45) is 0 Å². The van der Waals surface area contributed by atoms with Gasteiger partial charge in [0.1, 0.15) is 11.6 Å². The average Bonchev–Trinajstić information content (AvgIpc) is 2.66. The molecule has 0 saturated heterocycles. The molecule has 0 aliphatic rings. The molecule has 2 aromatic rings. The lowest BCUT2D eigenvalue weighted by Gasteiger charge is -2.06. The van der Waals surface area contributed by atoms with Gasteiger partial charge in [-0.1, -0.05) is 0 Å². The van der Waals surface area contributed by atoms with Crippen LogP contribution in [-0.4, -0.2) is 20.2 Å². The van der Waals surface area contributed by atoms with Crippen LogP contribution in [-0.2, 0) is 6.54 Å². The summed E-state index contributed by atoms with van der Waals surface area (Å²) in [5.74, 6) is 1.31. The zero-order valence-corrected chi connectivity index (χ0v) is 9.28. The van der Waals surface area contributed by atoms with Crippen LogP contribution >= 0.6 is 0 Å². The number of nitrogens with two attached hydrogens (primary N) is 1. The minimum Gasteiger partial charge on any atom is -0.384 e. The average molecular weight is 218 g/mol. The third-order valence-electron chi connectivity index (χ3n) is 2.40. The number of hydrogen-bond acceptors (Lipinski definition) is 5. The molecule has 0 aliphatic carbocycles. The summed E-state index contributed by atoms with van der Waals surface area (Å²) < 4.78 is 0. The first kappa shape index (κ1) is 10.4. The van der Waals surface area contributed by atoms with Crippen molar-refractivity contribution in [2.75, 3.05) is 11.1 Å². The second-order valence-corrected chi connectivity index (χ2v) is 3.59. The van der Waals surface area contributed by atoms with E-state index in [2.05, 4.69) is 25.5 Å². The van der Waals surface area contributed by atoms with E-state index in [1.807, 2.05) is 13.8 Å². The highest BCUT2D eigenvalue weighted by atomic mass is 15.1. The third kappa shape index (κ3) is 2.10. The first-order valence-electron chi connectivity index (χ1n) is 4.98. The standard InChI is InChI=1S/C10H14N6/c1-6-7(2)15-9(5-12-6)13-3-8-4-14-16-10(8)11/h4-5H,3H2,1-2H3,(H,13,15)(H3,11,14,16). The van der Waals surface area contributed by atoms with Crippen LogP contribution in [0.3, 0.4) is 0 Å². The lowest BCUT2D eigenvalue weighted by Crippen LogP contribution is -2.04. The topological polar surface area (TPSA) is 92.5 Å². The molecular weight excluding hydrogens is 204 g/mol. The van der Waals surface area contributed by atoms with E-state index in [9.17, 15) is 0 Å². The number of hydrogen-bond donors (Lipinski definition) is 3. The van der Waals surface area contributed by atoms with Crippen LogP contribution in [0.4, 0.5) is 11.6 Å². The van der Waals surface area contributed by atoms with Gasteiger partial charge in [-0.3, -0.25) is 10.1 Å². The van der Waals surface area contributed by atoms with Crippen LogP contribution < -0.4 is 11.1 Å². The zero-order chi connectivity index (χ0) is 11.5. The van der Waals surface area contributed by atoms with Crippen molar-refractivity contribution in [2.45, 2.75) is 20.4 Å². The van der Waals surface area contributed by atoms with Crippen LogP contribution in [0.15, 0.2) is 12.4 Å². The molecule has 0 radical (unpaired) electrons. The Morgan fingerprint density at radius 3 is 2.75 bits per heavy atom. The molecule has 6 nitrogen and oxygen atoms in total. The Bertz CT molecular complexity index is 490. The predicted molar refractivity (Wildman–Crippen MR) is 61.8 cm³/mol. The number of nitrogens with zero attached hydrogens (tertiary/aromatic N) is 3. The number of anilines is 2. The monoisotopic (exact) mass is 218 g/mol. The van der Waals surface area contributed by atoms with E-state index in [4.69, 9.17) is 5.73 Å². The van der Waals surface area contributed by atoms with Crippen molar-refractivity contribution in [3.8, 4) is 0 Å². The molecule has 84 valence electrons. The normalized spacial score (nSPS) is 10.4. The molecule has 0 spiro atoms. The van der Waals surface area contributed by atoms with Crippen LogP contribution in [0.25, 0.3) is 0 Å². The SMILES string of the molecule is Cc1ncc(NCc2cn[nH]c2N)nc1C. The molecule has 16 heavy (non-hydrogen) atoms. The second-order valence-electron chi connectivity index (χ2n) is 3.59. The fraction of sp³-hybridized carbons (Fsp3) is 0.300. The van der Waals surface area contributed by atoms with Gasteiger partial charge in [0.25, 0.3) is 0 Å². The van der Waals surface area contributed by atoms with Gasteiger partial charge < -0.3 is 11.1 Å². The molecule has 0 fully saturated rings. The first-order chi connectivity index (χ1) is 7.66. The molecule has 0 amide bonds. The van der Waals surface area contributed by atoms with Gasteiger partial charge in [-0.15, -0.1) is 0 Å². The van der Waals surface area contributed by atoms with E-state index in [0.717, 1.165) is 22.8 Å². The summed E-state index contributed by atoms with van der Waals surface area (Å²) in [4.78, 5) is 8.58. The zero-order valence-electron chi connectivity index (χ0n) is 9.28. The molecule has 0 aromatic carbocycles. The first-order valence-corrected chi connectivity index (χ1v) is 4.98. The molecule has 2 aromatic heterocycles. The maximum absolute atomic E-state index is 5.66. The minimum atomic E-state index is 0.573.